The number of amides is 1. The summed E-state index contributed by atoms with van der Waals surface area (Å²) >= 11 is 12.2. The zero-order chi connectivity index (χ0) is 24.6. The Morgan fingerprint density at radius 3 is 2.77 bits per heavy atom. The summed E-state index contributed by atoms with van der Waals surface area (Å²) in [6, 6.07) is 13.3. The van der Waals surface area contributed by atoms with E-state index in [9.17, 15) is 4.79 Å². The third-order valence-electron chi connectivity index (χ3n) is 6.15. The maximum atomic E-state index is 12.6. The lowest BCUT2D eigenvalue weighted by molar-refractivity contribution is -0.126. The lowest BCUT2D eigenvalue weighted by Gasteiger charge is -2.30. The zero-order valence-electron chi connectivity index (χ0n) is 19.8. The van der Waals surface area contributed by atoms with Crippen LogP contribution in [0.2, 0.25) is 10.0 Å². The topological polar surface area (TPSA) is 80.5 Å². The van der Waals surface area contributed by atoms with Crippen LogP contribution in [0.1, 0.15) is 37.6 Å². The van der Waals surface area contributed by atoms with E-state index in [1.165, 1.54) is 5.56 Å². The van der Waals surface area contributed by atoms with Crippen LogP contribution in [-0.4, -0.2) is 47.2 Å². The Morgan fingerprint density at radius 1 is 1.20 bits per heavy atom. The van der Waals surface area contributed by atoms with Gasteiger partial charge in [0.2, 0.25) is 17.6 Å². The van der Waals surface area contributed by atoms with E-state index >= 15 is 0 Å². The Kier molecular flexibility index (Phi) is 9.01. The van der Waals surface area contributed by atoms with Gasteiger partial charge in [0.05, 0.1) is 18.2 Å². The monoisotopic (exact) mass is 516 g/mol. The molecule has 0 bridgehead atoms. The maximum absolute atomic E-state index is 12.6. The highest BCUT2D eigenvalue weighted by molar-refractivity contribution is 6.36. The van der Waals surface area contributed by atoms with Gasteiger partial charge in [0.15, 0.2) is 0 Å². The number of benzene rings is 2. The number of nitrogens with one attached hydrogen (secondary N) is 1. The van der Waals surface area contributed by atoms with Crippen molar-refractivity contribution in [3.8, 4) is 17.1 Å². The number of carbonyl (C=O) groups is 1. The molecule has 0 aliphatic carbocycles. The predicted molar refractivity (Wildman–Crippen MR) is 137 cm³/mol. The molecule has 7 nitrogen and oxygen atoms in total. The van der Waals surface area contributed by atoms with Gasteiger partial charge >= 0.3 is 0 Å². The number of rotatable bonds is 10. The number of hydrogen-bond donors (Lipinski definition) is 1. The van der Waals surface area contributed by atoms with E-state index in [4.69, 9.17) is 32.5 Å². The van der Waals surface area contributed by atoms with E-state index in [1.54, 1.807) is 18.2 Å². The number of aryl methyl sites for hydroxylation is 1. The molecule has 3 aromatic rings. The van der Waals surface area contributed by atoms with Crippen molar-refractivity contribution in [1.29, 1.82) is 0 Å². The first-order valence-corrected chi connectivity index (χ1v) is 12.8. The first kappa shape index (κ1) is 25.5. The molecule has 1 aliphatic heterocycles. The SMILES string of the molecule is CCOc1ccccc1CCCNC(=O)C1CCN(Cc2nc(-c3ccc(Cl)cc3Cl)no2)CC1. The summed E-state index contributed by atoms with van der Waals surface area (Å²) < 4.78 is 11.1. The molecular formula is C26H30Cl2N4O3. The second-order valence-electron chi connectivity index (χ2n) is 8.62. The number of hydrogen-bond acceptors (Lipinski definition) is 6. The molecule has 1 aromatic heterocycles. The Bertz CT molecular complexity index is 1130. The van der Waals surface area contributed by atoms with Crippen LogP contribution in [0, 0.1) is 5.92 Å². The van der Waals surface area contributed by atoms with Crippen molar-refractivity contribution >= 4 is 29.1 Å². The minimum atomic E-state index is 0.0353. The molecule has 4 rings (SSSR count). The van der Waals surface area contributed by atoms with Crippen molar-refractivity contribution in [1.82, 2.24) is 20.4 Å². The number of piperidine rings is 1. The van der Waals surface area contributed by atoms with Crippen LogP contribution in [0.5, 0.6) is 5.75 Å². The molecule has 1 aliphatic rings. The molecule has 0 atom stereocenters. The molecule has 1 amide bonds. The molecule has 1 saturated heterocycles. The fourth-order valence-electron chi connectivity index (χ4n) is 4.29. The lowest BCUT2D eigenvalue weighted by atomic mass is 9.96. The second-order valence-corrected chi connectivity index (χ2v) is 9.47. The molecule has 9 heteroatoms. The maximum Gasteiger partial charge on any atom is 0.241 e. The number of aromatic nitrogens is 2. The van der Waals surface area contributed by atoms with Crippen molar-refractivity contribution in [2.45, 2.75) is 39.2 Å². The van der Waals surface area contributed by atoms with E-state index in [1.807, 2.05) is 25.1 Å². The molecule has 0 saturated carbocycles. The summed E-state index contributed by atoms with van der Waals surface area (Å²) in [5, 5.41) is 8.20. The number of nitrogens with zero attached hydrogens (tertiary/aromatic N) is 3. The van der Waals surface area contributed by atoms with Crippen molar-refractivity contribution < 1.29 is 14.1 Å². The smallest absolute Gasteiger partial charge is 0.241 e. The van der Waals surface area contributed by atoms with Crippen LogP contribution < -0.4 is 10.1 Å². The first-order valence-electron chi connectivity index (χ1n) is 12.0. The summed E-state index contributed by atoms with van der Waals surface area (Å²) in [6.07, 6.45) is 3.38. The normalized spacial score (nSPS) is 14.7. The molecule has 1 N–H and O–H groups in total. The Hall–Kier alpha value is -2.61. The van der Waals surface area contributed by atoms with Gasteiger partial charge in [-0.15, -0.1) is 0 Å². The molecule has 2 heterocycles. The minimum absolute atomic E-state index is 0.0353. The molecule has 2 aromatic carbocycles. The second kappa shape index (κ2) is 12.4. The summed E-state index contributed by atoms with van der Waals surface area (Å²) in [4.78, 5) is 19.4. The van der Waals surface area contributed by atoms with Crippen LogP contribution in [0.15, 0.2) is 47.0 Å². The van der Waals surface area contributed by atoms with Gasteiger partial charge in [0, 0.05) is 23.0 Å². The van der Waals surface area contributed by atoms with Gasteiger partial charge in [0.25, 0.3) is 0 Å². The fourth-order valence-corrected chi connectivity index (χ4v) is 4.78. The third kappa shape index (κ3) is 6.97. The van der Waals surface area contributed by atoms with Crippen LogP contribution in [0.3, 0.4) is 0 Å². The molecule has 0 spiro atoms. The Morgan fingerprint density at radius 2 is 2.00 bits per heavy atom. The summed E-state index contributed by atoms with van der Waals surface area (Å²) in [5.41, 5.74) is 1.86. The van der Waals surface area contributed by atoms with Gasteiger partial charge in [-0.2, -0.15) is 4.98 Å². The highest BCUT2D eigenvalue weighted by Crippen LogP contribution is 2.29. The van der Waals surface area contributed by atoms with Crippen molar-refractivity contribution in [2.24, 2.45) is 5.92 Å². The van der Waals surface area contributed by atoms with Gasteiger partial charge in [-0.3, -0.25) is 9.69 Å². The number of ether oxygens (including phenoxy) is 1. The third-order valence-corrected chi connectivity index (χ3v) is 6.70. The summed E-state index contributed by atoms with van der Waals surface area (Å²) in [7, 11) is 0. The highest BCUT2D eigenvalue weighted by Gasteiger charge is 2.26. The number of para-hydroxylation sites is 1. The van der Waals surface area contributed by atoms with Gasteiger partial charge in [-0.1, -0.05) is 46.6 Å². The first-order chi connectivity index (χ1) is 17.0. The number of halogens is 2. The van der Waals surface area contributed by atoms with E-state index < -0.39 is 0 Å². The standard InChI is InChI=1S/C26H30Cl2N4O3/c1-2-34-23-8-4-3-6-18(23)7-5-13-29-26(33)19-11-14-32(15-12-19)17-24-30-25(31-35-24)21-10-9-20(27)16-22(21)28/h3-4,6,8-10,16,19H,2,5,7,11-15,17H2,1H3,(H,29,33). The number of carbonyl (C=O) groups excluding carboxylic acids is 1. The van der Waals surface area contributed by atoms with E-state index in [2.05, 4.69) is 26.4 Å². The van der Waals surface area contributed by atoms with E-state index in [0.29, 0.717) is 47.0 Å². The predicted octanol–water partition coefficient (Wildman–Crippen LogP) is 5.40. The van der Waals surface area contributed by atoms with Crippen LogP contribution in [0.4, 0.5) is 0 Å². The Balaban J connectivity index is 1.19. The molecule has 35 heavy (non-hydrogen) atoms. The van der Waals surface area contributed by atoms with Crippen molar-refractivity contribution in [3.05, 3.63) is 64.0 Å². The number of likely N-dealkylation sites (tertiary alicyclic amines) is 1. The molecule has 1 fully saturated rings. The fraction of sp³-hybridized carbons (Fsp3) is 0.423. The van der Waals surface area contributed by atoms with Crippen molar-refractivity contribution in [3.63, 3.8) is 0 Å². The van der Waals surface area contributed by atoms with Gasteiger partial charge in [-0.25, -0.2) is 0 Å². The van der Waals surface area contributed by atoms with E-state index in [-0.39, 0.29) is 11.8 Å². The zero-order valence-corrected chi connectivity index (χ0v) is 21.3. The minimum Gasteiger partial charge on any atom is -0.494 e. The highest BCUT2D eigenvalue weighted by atomic mass is 35.5. The Labute approximate surface area is 215 Å². The largest absolute Gasteiger partial charge is 0.494 e. The molecule has 0 unspecified atom stereocenters. The summed E-state index contributed by atoms with van der Waals surface area (Å²) in [5.74, 6) is 2.08. The molecule has 0 radical (unpaired) electrons. The van der Waals surface area contributed by atoms with E-state index in [0.717, 1.165) is 44.5 Å². The van der Waals surface area contributed by atoms with Crippen LogP contribution in [-0.2, 0) is 17.8 Å². The summed E-state index contributed by atoms with van der Waals surface area (Å²) in [6.45, 7) is 5.46. The average molecular weight is 517 g/mol. The van der Waals surface area contributed by atoms with Gasteiger partial charge in [0.1, 0.15) is 5.75 Å². The van der Waals surface area contributed by atoms with Crippen molar-refractivity contribution in [2.75, 3.05) is 26.2 Å². The average Bonchev–Trinajstić information content (AvgIpc) is 3.31. The van der Waals surface area contributed by atoms with Gasteiger partial charge in [-0.05, 0) is 75.5 Å². The quantitative estimate of drug-likeness (QED) is 0.363. The van der Waals surface area contributed by atoms with Gasteiger partial charge < -0.3 is 14.6 Å². The molecular weight excluding hydrogens is 487 g/mol. The van der Waals surface area contributed by atoms with Crippen LogP contribution in [0.25, 0.3) is 11.4 Å². The van der Waals surface area contributed by atoms with Crippen LogP contribution >= 0.6 is 23.2 Å². The molecule has 186 valence electrons. The lowest BCUT2D eigenvalue weighted by Crippen LogP contribution is -2.40.